The topological polar surface area (TPSA) is 108 Å². The molecule has 9 nitrogen and oxygen atoms in total. The van der Waals surface area contributed by atoms with Crippen LogP contribution in [0.2, 0.25) is 0 Å². The van der Waals surface area contributed by atoms with Crippen LogP contribution in [0.15, 0.2) is 72.9 Å². The van der Waals surface area contributed by atoms with E-state index < -0.39 is 18.4 Å². The lowest BCUT2D eigenvalue weighted by Gasteiger charge is -2.25. The molecule has 0 aliphatic rings. The molecule has 458 valence electrons. The summed E-state index contributed by atoms with van der Waals surface area (Å²) in [6, 6.07) is 0. The van der Waals surface area contributed by atoms with E-state index in [1.807, 2.05) is 21.1 Å². The third-order valence-electron chi connectivity index (χ3n) is 14.5. The average Bonchev–Trinajstić information content (AvgIpc) is 3.42. The Morgan fingerprint density at radius 3 is 1.08 bits per heavy atom. The van der Waals surface area contributed by atoms with Crippen LogP contribution < -0.4 is 0 Å². The van der Waals surface area contributed by atoms with Gasteiger partial charge in [-0.1, -0.05) is 292 Å². The summed E-state index contributed by atoms with van der Waals surface area (Å²) in [5.74, 6) is -1.99. The fourth-order valence-electron chi connectivity index (χ4n) is 9.43. The third-order valence-corrected chi connectivity index (χ3v) is 14.5. The number of likely N-dealkylation sites (N-methyl/N-ethyl adjacent to an activating group) is 1. The van der Waals surface area contributed by atoms with Gasteiger partial charge in [0, 0.05) is 12.8 Å². The minimum absolute atomic E-state index is 0.178. The fraction of sp³-hybridized carbons (Fsp3) is 0.786. The SMILES string of the molecule is CC/C=C\C/C=C\C/C=C\C/C=C\C/C=C\C/C=C\CCCCCCCCCCCCCCCCCCCCCCC(=O)OC(COC(=O)CCCCCCCCCCCCCCCCC)COC(OCC[N+](C)(C)C)C(=O)O. The van der Waals surface area contributed by atoms with Gasteiger partial charge in [-0.05, 0) is 64.2 Å². The molecule has 0 saturated heterocycles. The Hall–Kier alpha value is -3.27. The highest BCUT2D eigenvalue weighted by molar-refractivity contribution is 5.71. The number of aliphatic carboxylic acids is 1. The van der Waals surface area contributed by atoms with Crippen molar-refractivity contribution in [3.63, 3.8) is 0 Å². The van der Waals surface area contributed by atoms with Crippen LogP contribution >= 0.6 is 0 Å². The summed E-state index contributed by atoms with van der Waals surface area (Å²) in [5, 5.41) is 9.71. The molecule has 0 rings (SSSR count). The highest BCUT2D eigenvalue weighted by atomic mass is 16.7. The molecule has 0 aromatic carbocycles. The minimum atomic E-state index is -1.51. The number of rotatable bonds is 61. The van der Waals surface area contributed by atoms with Gasteiger partial charge in [-0.2, -0.15) is 0 Å². The van der Waals surface area contributed by atoms with E-state index in [2.05, 4.69) is 86.8 Å². The first-order chi connectivity index (χ1) is 38.6. The highest BCUT2D eigenvalue weighted by Gasteiger charge is 2.25. The number of ether oxygens (including phenoxy) is 4. The number of carbonyl (C=O) groups excluding carboxylic acids is 2. The van der Waals surface area contributed by atoms with Gasteiger partial charge in [0.15, 0.2) is 6.10 Å². The summed E-state index contributed by atoms with van der Waals surface area (Å²) in [4.78, 5) is 37.5. The molecular formula is C70H126NO8+. The summed E-state index contributed by atoms with van der Waals surface area (Å²) in [6.45, 7) is 4.80. The number of carbonyl (C=O) groups is 3. The van der Waals surface area contributed by atoms with Crippen molar-refractivity contribution in [2.24, 2.45) is 0 Å². The predicted octanol–water partition coefficient (Wildman–Crippen LogP) is 20.1. The monoisotopic (exact) mass is 1110 g/mol. The zero-order valence-corrected chi connectivity index (χ0v) is 52.3. The van der Waals surface area contributed by atoms with Crippen molar-refractivity contribution in [3.8, 4) is 0 Å². The van der Waals surface area contributed by atoms with Gasteiger partial charge in [0.05, 0.1) is 34.4 Å². The van der Waals surface area contributed by atoms with Gasteiger partial charge in [-0.25, -0.2) is 4.79 Å². The molecule has 9 heteroatoms. The van der Waals surface area contributed by atoms with Crippen LogP contribution in [0.4, 0.5) is 0 Å². The van der Waals surface area contributed by atoms with E-state index in [9.17, 15) is 19.5 Å². The Bertz CT molecular complexity index is 1520. The molecule has 0 radical (unpaired) electrons. The highest BCUT2D eigenvalue weighted by Crippen LogP contribution is 2.18. The van der Waals surface area contributed by atoms with Crippen LogP contribution in [-0.4, -0.2) is 87.4 Å². The van der Waals surface area contributed by atoms with Crippen molar-refractivity contribution >= 4 is 17.9 Å². The van der Waals surface area contributed by atoms with Crippen molar-refractivity contribution in [1.29, 1.82) is 0 Å². The van der Waals surface area contributed by atoms with Crippen molar-refractivity contribution < 1.29 is 42.9 Å². The lowest BCUT2D eigenvalue weighted by molar-refractivity contribution is -0.870. The van der Waals surface area contributed by atoms with Crippen LogP contribution in [0.3, 0.4) is 0 Å². The van der Waals surface area contributed by atoms with E-state index in [0.717, 1.165) is 77.0 Å². The zero-order chi connectivity index (χ0) is 57.6. The van der Waals surface area contributed by atoms with Gasteiger partial charge in [-0.3, -0.25) is 9.59 Å². The molecule has 2 unspecified atom stereocenters. The Balaban J connectivity index is 3.99. The number of unbranched alkanes of at least 4 members (excludes halogenated alkanes) is 34. The van der Waals surface area contributed by atoms with Crippen LogP contribution in [0.25, 0.3) is 0 Å². The summed E-state index contributed by atoms with van der Waals surface area (Å²) in [6.07, 6.45) is 77.3. The van der Waals surface area contributed by atoms with Crippen molar-refractivity contribution in [2.75, 3.05) is 47.5 Å². The van der Waals surface area contributed by atoms with Gasteiger partial charge in [0.25, 0.3) is 6.29 Å². The third kappa shape index (κ3) is 62.2. The largest absolute Gasteiger partial charge is 0.477 e. The number of carboxylic acid groups (broad SMARTS) is 1. The van der Waals surface area contributed by atoms with Gasteiger partial charge in [0.2, 0.25) is 0 Å². The lowest BCUT2D eigenvalue weighted by Crippen LogP contribution is -2.40. The molecule has 0 saturated carbocycles. The van der Waals surface area contributed by atoms with E-state index >= 15 is 0 Å². The fourth-order valence-corrected chi connectivity index (χ4v) is 9.43. The molecule has 0 heterocycles. The molecule has 0 spiro atoms. The van der Waals surface area contributed by atoms with Crippen molar-refractivity contribution in [3.05, 3.63) is 72.9 Å². The van der Waals surface area contributed by atoms with E-state index in [0.29, 0.717) is 17.4 Å². The van der Waals surface area contributed by atoms with Gasteiger partial charge in [-0.15, -0.1) is 0 Å². The quantitative estimate of drug-likeness (QED) is 0.0211. The van der Waals surface area contributed by atoms with E-state index in [-0.39, 0.29) is 38.2 Å². The average molecular weight is 1110 g/mol. The molecular weight excluding hydrogens is 983 g/mol. The van der Waals surface area contributed by atoms with Crippen molar-refractivity contribution in [1.82, 2.24) is 0 Å². The van der Waals surface area contributed by atoms with E-state index in [4.69, 9.17) is 18.9 Å². The second-order valence-electron chi connectivity index (χ2n) is 23.4. The number of allylic oxidation sites excluding steroid dienone is 12. The van der Waals surface area contributed by atoms with E-state index in [1.54, 1.807) is 0 Å². The number of esters is 2. The number of carboxylic acids is 1. The molecule has 2 atom stereocenters. The first-order valence-electron chi connectivity index (χ1n) is 33.1. The Morgan fingerprint density at radius 1 is 0.392 bits per heavy atom. The van der Waals surface area contributed by atoms with Gasteiger partial charge >= 0.3 is 17.9 Å². The summed E-state index contributed by atoms with van der Waals surface area (Å²) >= 11 is 0. The Kier molecular flexibility index (Phi) is 58.3. The maximum absolute atomic E-state index is 12.9. The number of nitrogens with zero attached hydrogens (tertiary/aromatic N) is 1. The van der Waals surface area contributed by atoms with Crippen LogP contribution in [0.5, 0.6) is 0 Å². The second-order valence-corrected chi connectivity index (χ2v) is 23.4. The summed E-state index contributed by atoms with van der Waals surface area (Å²) in [5.41, 5.74) is 0. The molecule has 0 aliphatic carbocycles. The Labute approximate surface area is 487 Å². The first-order valence-corrected chi connectivity index (χ1v) is 33.1. The van der Waals surface area contributed by atoms with Crippen LogP contribution in [-0.2, 0) is 33.3 Å². The molecule has 0 amide bonds. The summed E-state index contributed by atoms with van der Waals surface area (Å²) < 4.78 is 22.9. The molecule has 0 bridgehead atoms. The molecule has 79 heavy (non-hydrogen) atoms. The summed E-state index contributed by atoms with van der Waals surface area (Å²) in [7, 11) is 5.98. The number of hydrogen-bond donors (Lipinski definition) is 1. The predicted molar refractivity (Wildman–Crippen MR) is 336 cm³/mol. The zero-order valence-electron chi connectivity index (χ0n) is 52.3. The van der Waals surface area contributed by atoms with E-state index in [1.165, 1.54) is 193 Å². The van der Waals surface area contributed by atoms with Crippen LogP contribution in [0, 0.1) is 0 Å². The first kappa shape index (κ1) is 75.7. The number of quaternary nitrogens is 1. The molecule has 0 aromatic heterocycles. The minimum Gasteiger partial charge on any atom is -0.477 e. The van der Waals surface area contributed by atoms with Crippen molar-refractivity contribution in [2.45, 2.75) is 309 Å². The lowest BCUT2D eigenvalue weighted by atomic mass is 10.0. The standard InChI is InChI=1S/C70H125NO8/c1-6-8-10-12-14-16-18-20-22-23-24-25-26-27-28-29-30-31-32-33-34-35-36-37-38-39-40-41-42-43-44-45-47-49-51-53-55-57-59-61-68(73)79-66(65-78-70(69(74)75)76-63-62-71(3,4)5)64-77-67(72)60-58-56-54-52-50-48-46-21-19-17-15-13-11-9-7-2/h8,10,14,16,20,22,24-25,27-28,30-31,66,70H,6-7,9,11-13,15,17-19,21,23,26,29,32-65H2,1-5H3/p+1/b10-8-,16-14-,22-20-,25-24-,28-27-,31-30-. The van der Waals surface area contributed by atoms with Gasteiger partial charge < -0.3 is 28.5 Å². The smallest absolute Gasteiger partial charge is 0.361 e. The maximum atomic E-state index is 12.9. The molecule has 0 aromatic rings. The normalized spacial score (nSPS) is 13.2. The van der Waals surface area contributed by atoms with Crippen LogP contribution in [0.1, 0.15) is 296 Å². The maximum Gasteiger partial charge on any atom is 0.361 e. The van der Waals surface area contributed by atoms with Gasteiger partial charge in [0.1, 0.15) is 13.2 Å². The Morgan fingerprint density at radius 2 is 0.722 bits per heavy atom. The molecule has 0 fully saturated rings. The number of hydrogen-bond acceptors (Lipinski definition) is 7. The molecule has 0 aliphatic heterocycles. The second kappa shape index (κ2) is 60.8. The molecule has 1 N–H and O–H groups in total.